The Bertz CT molecular complexity index is 645. The molecule has 0 N–H and O–H groups in total. The average molecular weight is 297 g/mol. The molecule has 114 valence electrons. The SMILES string of the molecule is C=Cn1ccnc1C(=O)[C@H](c1ccccc1)N1CCOCC1. The van der Waals surface area contributed by atoms with Gasteiger partial charge in [0.2, 0.25) is 5.78 Å². The first-order valence-corrected chi connectivity index (χ1v) is 7.37. The lowest BCUT2D eigenvalue weighted by atomic mass is 10.00. The normalized spacial score (nSPS) is 17.1. The third-order valence-electron chi connectivity index (χ3n) is 3.86. The molecule has 1 aromatic carbocycles. The summed E-state index contributed by atoms with van der Waals surface area (Å²) >= 11 is 0. The second kappa shape index (κ2) is 6.68. The summed E-state index contributed by atoms with van der Waals surface area (Å²) in [5, 5.41) is 0. The van der Waals surface area contributed by atoms with Crippen LogP contribution in [0.3, 0.4) is 0 Å². The zero-order chi connectivity index (χ0) is 15.4. The number of benzene rings is 1. The molecule has 3 rings (SSSR count). The highest BCUT2D eigenvalue weighted by Gasteiger charge is 2.31. The molecule has 5 heteroatoms. The Balaban J connectivity index is 1.97. The van der Waals surface area contributed by atoms with Gasteiger partial charge in [-0.3, -0.25) is 9.69 Å². The Morgan fingerprint density at radius 3 is 2.68 bits per heavy atom. The van der Waals surface area contributed by atoms with Gasteiger partial charge in [0, 0.05) is 31.7 Å². The van der Waals surface area contributed by atoms with E-state index in [-0.39, 0.29) is 11.8 Å². The van der Waals surface area contributed by atoms with Crippen LogP contribution in [-0.4, -0.2) is 46.5 Å². The number of imidazole rings is 1. The molecule has 5 nitrogen and oxygen atoms in total. The van der Waals surface area contributed by atoms with Gasteiger partial charge < -0.3 is 9.30 Å². The number of hydrogen-bond acceptors (Lipinski definition) is 4. The molecule has 1 saturated heterocycles. The minimum Gasteiger partial charge on any atom is -0.379 e. The second-order valence-corrected chi connectivity index (χ2v) is 5.17. The summed E-state index contributed by atoms with van der Waals surface area (Å²) in [6.45, 7) is 6.49. The third kappa shape index (κ3) is 2.86. The first-order chi connectivity index (χ1) is 10.8. The highest BCUT2D eigenvalue weighted by Crippen LogP contribution is 2.25. The second-order valence-electron chi connectivity index (χ2n) is 5.17. The van der Waals surface area contributed by atoms with E-state index in [1.165, 1.54) is 0 Å². The van der Waals surface area contributed by atoms with Gasteiger partial charge in [-0.25, -0.2) is 4.98 Å². The van der Waals surface area contributed by atoms with E-state index in [4.69, 9.17) is 4.74 Å². The zero-order valence-electron chi connectivity index (χ0n) is 12.4. The first-order valence-electron chi connectivity index (χ1n) is 7.37. The van der Waals surface area contributed by atoms with Crippen molar-refractivity contribution in [1.29, 1.82) is 0 Å². The molecule has 1 aromatic heterocycles. The highest BCUT2D eigenvalue weighted by atomic mass is 16.5. The minimum atomic E-state index is -0.341. The van der Waals surface area contributed by atoms with E-state index >= 15 is 0 Å². The smallest absolute Gasteiger partial charge is 0.220 e. The maximum atomic E-state index is 13.1. The highest BCUT2D eigenvalue weighted by molar-refractivity contribution is 5.98. The average Bonchev–Trinajstić information content (AvgIpc) is 3.06. The van der Waals surface area contributed by atoms with E-state index in [2.05, 4.69) is 16.5 Å². The predicted octanol–water partition coefficient (Wildman–Crippen LogP) is 2.24. The number of ether oxygens (including phenoxy) is 1. The van der Waals surface area contributed by atoms with E-state index in [0.717, 1.165) is 18.7 Å². The van der Waals surface area contributed by atoms with E-state index in [0.29, 0.717) is 19.0 Å². The molecule has 2 heterocycles. The maximum absolute atomic E-state index is 13.1. The molecule has 0 saturated carbocycles. The number of Topliss-reactive ketones (excluding diaryl/α,β-unsaturated/α-hetero) is 1. The molecule has 0 aliphatic carbocycles. The Kier molecular flexibility index (Phi) is 4.46. The number of morpholine rings is 1. The van der Waals surface area contributed by atoms with E-state index in [9.17, 15) is 4.79 Å². The molecule has 0 bridgehead atoms. The van der Waals surface area contributed by atoms with Crippen molar-refractivity contribution >= 4 is 12.0 Å². The van der Waals surface area contributed by atoms with Crippen LogP contribution in [0.2, 0.25) is 0 Å². The number of aromatic nitrogens is 2. The van der Waals surface area contributed by atoms with Crippen LogP contribution < -0.4 is 0 Å². The van der Waals surface area contributed by atoms with Crippen LogP contribution in [0.15, 0.2) is 49.3 Å². The predicted molar refractivity (Wildman–Crippen MR) is 84.5 cm³/mol. The van der Waals surface area contributed by atoms with Gasteiger partial charge in [0.25, 0.3) is 0 Å². The topological polar surface area (TPSA) is 47.4 Å². The fourth-order valence-electron chi connectivity index (χ4n) is 2.77. The summed E-state index contributed by atoms with van der Waals surface area (Å²) < 4.78 is 7.08. The molecule has 1 aliphatic rings. The molecule has 0 unspecified atom stereocenters. The van der Waals surface area contributed by atoms with Crippen molar-refractivity contribution in [3.05, 3.63) is 60.7 Å². The van der Waals surface area contributed by atoms with Crippen LogP contribution in [0.5, 0.6) is 0 Å². The first kappa shape index (κ1) is 14.7. The molecule has 1 fully saturated rings. The van der Waals surface area contributed by atoms with Gasteiger partial charge in [0.15, 0.2) is 5.82 Å². The van der Waals surface area contributed by atoms with Gasteiger partial charge in [-0.1, -0.05) is 36.9 Å². The van der Waals surface area contributed by atoms with Crippen molar-refractivity contribution in [1.82, 2.24) is 14.5 Å². The number of nitrogens with zero attached hydrogens (tertiary/aromatic N) is 3. The standard InChI is InChI=1S/C17H19N3O2/c1-2-19-9-8-18-17(19)16(21)15(14-6-4-3-5-7-14)20-10-12-22-13-11-20/h2-9,15H,1,10-13H2/t15-/m0/s1. The van der Waals surface area contributed by atoms with Gasteiger partial charge in [0.05, 0.1) is 13.2 Å². The summed E-state index contributed by atoms with van der Waals surface area (Å²) in [5.41, 5.74) is 0.980. The third-order valence-corrected chi connectivity index (χ3v) is 3.86. The van der Waals surface area contributed by atoms with Gasteiger partial charge >= 0.3 is 0 Å². The lowest BCUT2D eigenvalue weighted by Gasteiger charge is -2.33. The van der Waals surface area contributed by atoms with Crippen molar-refractivity contribution in [3.8, 4) is 0 Å². The minimum absolute atomic E-state index is 0.0157. The molecule has 22 heavy (non-hydrogen) atoms. The van der Waals surface area contributed by atoms with Crippen molar-refractivity contribution in [2.75, 3.05) is 26.3 Å². The molecule has 1 aliphatic heterocycles. The fraction of sp³-hybridized carbons (Fsp3) is 0.294. The molecule has 0 radical (unpaired) electrons. The lowest BCUT2D eigenvalue weighted by molar-refractivity contribution is 0.0169. The summed E-state index contributed by atoms with van der Waals surface area (Å²) in [6.07, 6.45) is 4.96. The Morgan fingerprint density at radius 2 is 2.00 bits per heavy atom. The quantitative estimate of drug-likeness (QED) is 0.794. The molecule has 0 spiro atoms. The lowest BCUT2D eigenvalue weighted by Crippen LogP contribution is -2.42. The van der Waals surface area contributed by atoms with Crippen LogP contribution in [0.4, 0.5) is 0 Å². The number of carbonyl (C=O) groups is 1. The summed E-state index contributed by atoms with van der Waals surface area (Å²) in [4.78, 5) is 19.4. The van der Waals surface area contributed by atoms with Gasteiger partial charge in [0.1, 0.15) is 6.04 Å². The number of ketones is 1. The Hall–Kier alpha value is -2.24. The van der Waals surface area contributed by atoms with Crippen molar-refractivity contribution in [3.63, 3.8) is 0 Å². The van der Waals surface area contributed by atoms with Gasteiger partial charge in [-0.2, -0.15) is 0 Å². The molecular weight excluding hydrogens is 278 g/mol. The van der Waals surface area contributed by atoms with Crippen LogP contribution in [-0.2, 0) is 4.74 Å². The monoisotopic (exact) mass is 297 g/mol. The maximum Gasteiger partial charge on any atom is 0.220 e. The van der Waals surface area contributed by atoms with E-state index < -0.39 is 0 Å². The molecule has 1 atom stereocenters. The number of carbonyl (C=O) groups excluding carboxylic acids is 1. The van der Waals surface area contributed by atoms with E-state index in [1.807, 2.05) is 30.3 Å². The van der Waals surface area contributed by atoms with Crippen LogP contribution in [0, 0.1) is 0 Å². The molecule has 2 aromatic rings. The van der Waals surface area contributed by atoms with Gasteiger partial charge in [-0.15, -0.1) is 0 Å². The van der Waals surface area contributed by atoms with Crippen LogP contribution in [0.25, 0.3) is 6.20 Å². The number of hydrogen-bond donors (Lipinski definition) is 0. The largest absolute Gasteiger partial charge is 0.379 e. The summed E-state index contributed by atoms with van der Waals surface area (Å²) in [6, 6.07) is 9.49. The summed E-state index contributed by atoms with van der Waals surface area (Å²) in [7, 11) is 0. The van der Waals surface area contributed by atoms with Gasteiger partial charge in [-0.05, 0) is 5.56 Å². The zero-order valence-corrected chi connectivity index (χ0v) is 12.4. The molecular formula is C17H19N3O2. The fourth-order valence-corrected chi connectivity index (χ4v) is 2.77. The number of rotatable bonds is 5. The van der Waals surface area contributed by atoms with Crippen molar-refractivity contribution < 1.29 is 9.53 Å². The Labute approximate surface area is 129 Å². The van der Waals surface area contributed by atoms with Crippen molar-refractivity contribution in [2.45, 2.75) is 6.04 Å². The van der Waals surface area contributed by atoms with Crippen molar-refractivity contribution in [2.24, 2.45) is 0 Å². The van der Waals surface area contributed by atoms with Crippen LogP contribution in [0.1, 0.15) is 22.2 Å². The van der Waals surface area contributed by atoms with E-state index in [1.54, 1.807) is 23.2 Å². The Morgan fingerprint density at radius 1 is 1.27 bits per heavy atom. The molecule has 0 amide bonds. The van der Waals surface area contributed by atoms with Crippen LogP contribution >= 0.6 is 0 Å². The summed E-state index contributed by atoms with van der Waals surface area (Å²) in [5.74, 6) is 0.397.